The van der Waals surface area contributed by atoms with E-state index in [2.05, 4.69) is 10.3 Å². The van der Waals surface area contributed by atoms with E-state index < -0.39 is 0 Å². The molecule has 4 aromatic rings. The van der Waals surface area contributed by atoms with E-state index in [-0.39, 0.29) is 5.91 Å². The Labute approximate surface area is 179 Å². The van der Waals surface area contributed by atoms with Crippen molar-refractivity contribution in [3.05, 3.63) is 72.6 Å². The van der Waals surface area contributed by atoms with E-state index in [0.29, 0.717) is 23.3 Å². The summed E-state index contributed by atoms with van der Waals surface area (Å²) < 4.78 is 7.26. The Morgan fingerprint density at radius 1 is 1.06 bits per heavy atom. The van der Waals surface area contributed by atoms with Crippen molar-refractivity contribution < 1.29 is 14.3 Å². The highest BCUT2D eigenvalue weighted by Gasteiger charge is 2.15. The fraction of sp³-hybridized carbons (Fsp3) is 0.125. The summed E-state index contributed by atoms with van der Waals surface area (Å²) >= 11 is 0. The zero-order valence-electron chi connectivity index (χ0n) is 17.5. The number of anilines is 1. The third-order valence-electron chi connectivity index (χ3n) is 5.03. The fourth-order valence-electron chi connectivity index (χ4n) is 3.50. The lowest BCUT2D eigenvalue weighted by molar-refractivity contribution is -0.105. The molecule has 0 aliphatic rings. The molecule has 4 rings (SSSR count). The first-order valence-electron chi connectivity index (χ1n) is 9.69. The van der Waals surface area contributed by atoms with Gasteiger partial charge in [0.05, 0.1) is 24.7 Å². The molecule has 2 aromatic carbocycles. The zero-order valence-corrected chi connectivity index (χ0v) is 17.5. The quantitative estimate of drug-likeness (QED) is 0.485. The highest BCUT2D eigenvalue weighted by atomic mass is 16.5. The van der Waals surface area contributed by atoms with Crippen molar-refractivity contribution in [2.45, 2.75) is 0 Å². The SMILES string of the molecule is COc1cccc(-c2cc(NC=O)c3ncc(-c4cccc(C(=O)N(C)C)c4)n3c2)c1. The third-order valence-corrected chi connectivity index (χ3v) is 5.03. The van der Waals surface area contributed by atoms with Gasteiger partial charge in [-0.1, -0.05) is 24.3 Å². The first-order chi connectivity index (χ1) is 15.0. The molecule has 0 radical (unpaired) electrons. The Hall–Kier alpha value is -4.13. The molecule has 7 heteroatoms. The molecule has 2 heterocycles. The first-order valence-corrected chi connectivity index (χ1v) is 9.69. The zero-order chi connectivity index (χ0) is 22.0. The van der Waals surface area contributed by atoms with Gasteiger partial charge in [0.2, 0.25) is 6.41 Å². The molecule has 31 heavy (non-hydrogen) atoms. The van der Waals surface area contributed by atoms with Crippen molar-refractivity contribution in [1.82, 2.24) is 14.3 Å². The van der Waals surface area contributed by atoms with Crippen molar-refractivity contribution in [2.75, 3.05) is 26.5 Å². The normalized spacial score (nSPS) is 10.7. The number of hydrogen-bond donors (Lipinski definition) is 1. The highest BCUT2D eigenvalue weighted by Crippen LogP contribution is 2.31. The molecule has 0 spiro atoms. The van der Waals surface area contributed by atoms with Crippen LogP contribution in [-0.4, -0.2) is 47.8 Å². The van der Waals surface area contributed by atoms with Crippen molar-refractivity contribution in [1.29, 1.82) is 0 Å². The van der Waals surface area contributed by atoms with Crippen molar-refractivity contribution in [3.8, 4) is 28.1 Å². The van der Waals surface area contributed by atoms with Gasteiger partial charge in [0.1, 0.15) is 5.75 Å². The Kier molecular flexibility index (Phi) is 5.41. The number of imidazole rings is 1. The molecular weight excluding hydrogens is 392 g/mol. The molecule has 0 saturated heterocycles. The summed E-state index contributed by atoms with van der Waals surface area (Å²) in [6.45, 7) is 0. The minimum absolute atomic E-state index is 0.0731. The van der Waals surface area contributed by atoms with Crippen LogP contribution in [0.4, 0.5) is 5.69 Å². The minimum Gasteiger partial charge on any atom is -0.497 e. The van der Waals surface area contributed by atoms with Gasteiger partial charge in [-0.25, -0.2) is 4.98 Å². The van der Waals surface area contributed by atoms with E-state index in [0.717, 1.165) is 28.1 Å². The Bertz CT molecular complexity index is 1280. The van der Waals surface area contributed by atoms with Crippen LogP contribution in [-0.2, 0) is 4.79 Å². The van der Waals surface area contributed by atoms with Gasteiger partial charge in [0, 0.05) is 37.0 Å². The van der Waals surface area contributed by atoms with Gasteiger partial charge in [-0.05, 0) is 35.9 Å². The molecule has 156 valence electrons. The number of pyridine rings is 1. The van der Waals surface area contributed by atoms with E-state index in [1.165, 1.54) is 0 Å². The van der Waals surface area contributed by atoms with Gasteiger partial charge in [0.25, 0.3) is 5.91 Å². The number of ether oxygens (including phenoxy) is 1. The lowest BCUT2D eigenvalue weighted by Crippen LogP contribution is -2.21. The highest BCUT2D eigenvalue weighted by molar-refractivity contribution is 5.95. The van der Waals surface area contributed by atoms with Gasteiger partial charge in [0.15, 0.2) is 5.65 Å². The molecule has 0 fully saturated rings. The van der Waals surface area contributed by atoms with Crippen LogP contribution in [0.5, 0.6) is 5.75 Å². The maximum absolute atomic E-state index is 12.4. The second-order valence-electron chi connectivity index (χ2n) is 7.25. The first kappa shape index (κ1) is 20.2. The summed E-state index contributed by atoms with van der Waals surface area (Å²) in [4.78, 5) is 29.7. The summed E-state index contributed by atoms with van der Waals surface area (Å²) in [6.07, 6.45) is 4.33. The smallest absolute Gasteiger partial charge is 0.253 e. The molecular formula is C24H22N4O3. The van der Waals surface area contributed by atoms with Crippen molar-refractivity contribution in [3.63, 3.8) is 0 Å². The Morgan fingerprint density at radius 2 is 1.84 bits per heavy atom. The lowest BCUT2D eigenvalue weighted by Gasteiger charge is -2.12. The largest absolute Gasteiger partial charge is 0.497 e. The van der Waals surface area contributed by atoms with Gasteiger partial charge in [-0.15, -0.1) is 0 Å². The van der Waals surface area contributed by atoms with Crippen LogP contribution in [0.3, 0.4) is 0 Å². The van der Waals surface area contributed by atoms with Gasteiger partial charge in [-0.2, -0.15) is 0 Å². The minimum atomic E-state index is -0.0731. The van der Waals surface area contributed by atoms with Crippen molar-refractivity contribution >= 4 is 23.7 Å². The molecule has 7 nitrogen and oxygen atoms in total. The van der Waals surface area contributed by atoms with Crippen LogP contribution in [0.2, 0.25) is 0 Å². The van der Waals surface area contributed by atoms with Crippen LogP contribution in [0.25, 0.3) is 28.0 Å². The number of benzene rings is 2. The summed E-state index contributed by atoms with van der Waals surface area (Å²) in [7, 11) is 5.07. The van der Waals surface area contributed by atoms with E-state index >= 15 is 0 Å². The number of aromatic nitrogens is 2. The van der Waals surface area contributed by atoms with Gasteiger partial charge < -0.3 is 15.0 Å². The molecule has 0 aliphatic heterocycles. The van der Waals surface area contributed by atoms with Crippen LogP contribution in [0.15, 0.2) is 67.0 Å². The molecule has 0 bridgehead atoms. The summed E-state index contributed by atoms with van der Waals surface area (Å²) in [5.41, 5.74) is 5.26. The van der Waals surface area contributed by atoms with Crippen LogP contribution < -0.4 is 10.1 Å². The number of rotatable bonds is 6. The number of hydrogen-bond acceptors (Lipinski definition) is 4. The topological polar surface area (TPSA) is 75.9 Å². The van der Waals surface area contributed by atoms with E-state index in [1.807, 2.05) is 59.1 Å². The van der Waals surface area contributed by atoms with E-state index in [9.17, 15) is 9.59 Å². The van der Waals surface area contributed by atoms with E-state index in [1.54, 1.807) is 38.4 Å². The second-order valence-corrected chi connectivity index (χ2v) is 7.25. The van der Waals surface area contributed by atoms with Gasteiger partial charge >= 0.3 is 0 Å². The number of carbonyl (C=O) groups excluding carboxylic acids is 2. The average Bonchev–Trinajstić information content (AvgIpc) is 3.23. The second kappa shape index (κ2) is 8.31. The van der Waals surface area contributed by atoms with Crippen molar-refractivity contribution in [2.24, 2.45) is 0 Å². The average molecular weight is 414 g/mol. The maximum Gasteiger partial charge on any atom is 0.253 e. The molecule has 0 saturated carbocycles. The number of amides is 2. The summed E-state index contributed by atoms with van der Waals surface area (Å²) in [5.74, 6) is 0.666. The molecule has 2 amide bonds. The standard InChI is InChI=1S/C24H22N4O3/c1-27(2)24(30)18-8-4-7-17(10-18)22-13-25-23-21(26-15-29)12-19(14-28(22)23)16-6-5-9-20(11-16)31-3/h4-15H,1-3H3,(H,26,29). The third kappa shape index (κ3) is 3.85. The molecule has 0 aliphatic carbocycles. The molecule has 0 atom stereocenters. The van der Waals surface area contributed by atoms with E-state index in [4.69, 9.17) is 4.74 Å². The Balaban J connectivity index is 1.90. The molecule has 1 N–H and O–H groups in total. The summed E-state index contributed by atoms with van der Waals surface area (Å²) in [5, 5.41) is 2.74. The predicted molar refractivity (Wildman–Crippen MR) is 120 cm³/mol. The lowest BCUT2D eigenvalue weighted by atomic mass is 10.1. The number of nitrogens with one attached hydrogen (secondary N) is 1. The fourth-order valence-corrected chi connectivity index (χ4v) is 3.50. The van der Waals surface area contributed by atoms with Crippen LogP contribution >= 0.6 is 0 Å². The monoisotopic (exact) mass is 414 g/mol. The van der Waals surface area contributed by atoms with Crippen LogP contribution in [0.1, 0.15) is 10.4 Å². The molecule has 0 unspecified atom stereocenters. The number of fused-ring (bicyclic) bond motifs is 1. The maximum atomic E-state index is 12.4. The van der Waals surface area contributed by atoms with Gasteiger partial charge in [-0.3, -0.25) is 14.0 Å². The molecule has 2 aromatic heterocycles. The Morgan fingerprint density at radius 3 is 2.58 bits per heavy atom. The summed E-state index contributed by atoms with van der Waals surface area (Å²) in [6, 6.07) is 17.0. The predicted octanol–water partition coefficient (Wildman–Crippen LogP) is 3.95. The number of methoxy groups -OCH3 is 1. The number of nitrogens with zero attached hydrogens (tertiary/aromatic N) is 3. The number of carbonyl (C=O) groups is 2. The van der Waals surface area contributed by atoms with Crippen LogP contribution in [0, 0.1) is 0 Å².